The maximum atomic E-state index is 10.6. The molecule has 0 spiro atoms. The van der Waals surface area contributed by atoms with Gasteiger partial charge in [0.1, 0.15) is 12.2 Å². The lowest BCUT2D eigenvalue weighted by atomic mass is 10.3. The monoisotopic (exact) mass is 158 g/mol. The molecule has 0 aromatic heterocycles. The second kappa shape index (κ2) is 4.62. The molecule has 0 heterocycles. The first-order valence-electron chi connectivity index (χ1n) is 3.05. The highest BCUT2D eigenvalue weighted by Gasteiger charge is 2.09. The number of Topliss-reactive ketones (excluding diaryl/α,β-unsaturated/α-hetero) is 1. The van der Waals surface area contributed by atoms with Crippen LogP contribution in [0.25, 0.3) is 0 Å². The molecule has 0 aromatic rings. The summed E-state index contributed by atoms with van der Waals surface area (Å²) in [5.74, 6) is -1.05. The molecule has 1 N–H and O–H groups in total. The van der Waals surface area contributed by atoms with Gasteiger partial charge in [-0.3, -0.25) is 9.59 Å². The lowest BCUT2D eigenvalue weighted by Crippen LogP contribution is -2.16. The Morgan fingerprint density at radius 1 is 1.73 bits per heavy atom. The third-order valence-corrected chi connectivity index (χ3v) is 0.847. The number of ether oxygens (including phenoxy) is 1. The standard InChI is InChI=1S/C7H10O4/c1-3-6(9)11-7(10)4-5(2)8/h3,6,9H,1,4H2,2H3. The van der Waals surface area contributed by atoms with Gasteiger partial charge in [0.25, 0.3) is 0 Å². The van der Waals surface area contributed by atoms with E-state index in [0.717, 1.165) is 6.08 Å². The van der Waals surface area contributed by atoms with Crippen LogP contribution in [0.4, 0.5) is 0 Å². The van der Waals surface area contributed by atoms with Gasteiger partial charge in [-0.15, -0.1) is 0 Å². The number of hydrogen-bond acceptors (Lipinski definition) is 4. The van der Waals surface area contributed by atoms with Crippen molar-refractivity contribution in [1.82, 2.24) is 0 Å². The Morgan fingerprint density at radius 2 is 2.27 bits per heavy atom. The molecule has 1 unspecified atom stereocenters. The Bertz CT molecular complexity index is 173. The highest BCUT2D eigenvalue weighted by molar-refractivity contribution is 5.94. The predicted molar refractivity (Wildman–Crippen MR) is 37.6 cm³/mol. The van der Waals surface area contributed by atoms with E-state index in [4.69, 9.17) is 5.11 Å². The van der Waals surface area contributed by atoms with Crippen molar-refractivity contribution in [1.29, 1.82) is 0 Å². The minimum atomic E-state index is -1.32. The van der Waals surface area contributed by atoms with Gasteiger partial charge in [0.15, 0.2) is 0 Å². The fourth-order valence-electron chi connectivity index (χ4n) is 0.428. The highest BCUT2D eigenvalue weighted by Crippen LogP contribution is 1.93. The summed E-state index contributed by atoms with van der Waals surface area (Å²) >= 11 is 0. The van der Waals surface area contributed by atoms with Crippen molar-refractivity contribution in [3.8, 4) is 0 Å². The van der Waals surface area contributed by atoms with E-state index in [-0.39, 0.29) is 12.2 Å². The molecule has 4 nitrogen and oxygen atoms in total. The summed E-state index contributed by atoms with van der Waals surface area (Å²) < 4.78 is 4.29. The number of carbonyl (C=O) groups excluding carboxylic acids is 2. The van der Waals surface area contributed by atoms with Crippen LogP contribution in [0.2, 0.25) is 0 Å². The average molecular weight is 158 g/mol. The number of carbonyl (C=O) groups is 2. The molecule has 0 aliphatic rings. The van der Waals surface area contributed by atoms with Crippen LogP contribution in [0, 0.1) is 0 Å². The van der Waals surface area contributed by atoms with Gasteiger partial charge in [0, 0.05) is 0 Å². The Morgan fingerprint density at radius 3 is 2.64 bits per heavy atom. The van der Waals surface area contributed by atoms with Crippen molar-refractivity contribution in [2.75, 3.05) is 0 Å². The largest absolute Gasteiger partial charge is 0.432 e. The SMILES string of the molecule is C=CC(O)OC(=O)CC(C)=O. The first kappa shape index (κ1) is 9.84. The van der Waals surface area contributed by atoms with Crippen molar-refractivity contribution in [3.63, 3.8) is 0 Å². The summed E-state index contributed by atoms with van der Waals surface area (Å²) in [6, 6.07) is 0. The second-order valence-corrected chi connectivity index (χ2v) is 1.99. The van der Waals surface area contributed by atoms with E-state index in [1.54, 1.807) is 0 Å². The molecule has 1 atom stereocenters. The summed E-state index contributed by atoms with van der Waals surface area (Å²) in [6.07, 6.45) is -0.579. The van der Waals surface area contributed by atoms with Gasteiger partial charge >= 0.3 is 5.97 Å². The zero-order valence-corrected chi connectivity index (χ0v) is 6.24. The van der Waals surface area contributed by atoms with Crippen LogP contribution in [0.5, 0.6) is 0 Å². The lowest BCUT2D eigenvalue weighted by molar-refractivity contribution is -0.161. The van der Waals surface area contributed by atoms with Gasteiger partial charge in [0.2, 0.25) is 6.29 Å². The molecule has 0 saturated carbocycles. The van der Waals surface area contributed by atoms with Crippen LogP contribution in [-0.4, -0.2) is 23.1 Å². The molecule has 0 rings (SSSR count). The zero-order chi connectivity index (χ0) is 8.85. The number of esters is 1. The number of aliphatic hydroxyl groups is 1. The third-order valence-electron chi connectivity index (χ3n) is 0.847. The van der Waals surface area contributed by atoms with E-state index in [1.807, 2.05) is 0 Å². The summed E-state index contributed by atoms with van der Waals surface area (Å²) in [7, 11) is 0. The number of ketones is 1. The van der Waals surface area contributed by atoms with Gasteiger partial charge in [-0.25, -0.2) is 0 Å². The molecule has 62 valence electrons. The predicted octanol–water partition coefficient (Wildman–Crippen LogP) is 0.0131. The molecule has 0 aromatic carbocycles. The Hall–Kier alpha value is -1.16. The van der Waals surface area contributed by atoms with Crippen molar-refractivity contribution < 1.29 is 19.4 Å². The van der Waals surface area contributed by atoms with Crippen molar-refractivity contribution in [3.05, 3.63) is 12.7 Å². The van der Waals surface area contributed by atoms with Gasteiger partial charge in [-0.1, -0.05) is 6.58 Å². The van der Waals surface area contributed by atoms with E-state index in [0.29, 0.717) is 0 Å². The Labute approximate surface area is 64.5 Å². The van der Waals surface area contributed by atoms with Crippen LogP contribution in [0.1, 0.15) is 13.3 Å². The van der Waals surface area contributed by atoms with Crippen molar-refractivity contribution in [2.24, 2.45) is 0 Å². The fourth-order valence-corrected chi connectivity index (χ4v) is 0.428. The van der Waals surface area contributed by atoms with Gasteiger partial charge in [-0.05, 0) is 13.0 Å². The maximum absolute atomic E-state index is 10.6. The van der Waals surface area contributed by atoms with E-state index in [1.165, 1.54) is 6.92 Å². The van der Waals surface area contributed by atoms with Crippen LogP contribution in [0.3, 0.4) is 0 Å². The van der Waals surface area contributed by atoms with E-state index < -0.39 is 12.3 Å². The quantitative estimate of drug-likeness (QED) is 0.271. The Kier molecular flexibility index (Phi) is 4.14. The van der Waals surface area contributed by atoms with Gasteiger partial charge in [0.05, 0.1) is 0 Å². The van der Waals surface area contributed by atoms with Crippen molar-refractivity contribution >= 4 is 11.8 Å². The molecule has 4 heteroatoms. The maximum Gasteiger partial charge on any atom is 0.315 e. The molecule has 0 bridgehead atoms. The van der Waals surface area contributed by atoms with Gasteiger partial charge < -0.3 is 9.84 Å². The molecule has 0 fully saturated rings. The Balaban J connectivity index is 3.69. The normalized spacial score (nSPS) is 11.8. The highest BCUT2D eigenvalue weighted by atomic mass is 16.6. The van der Waals surface area contributed by atoms with E-state index in [9.17, 15) is 9.59 Å². The minimum absolute atomic E-state index is 0.300. The number of hydrogen-bond donors (Lipinski definition) is 1. The molecular weight excluding hydrogens is 148 g/mol. The fraction of sp³-hybridized carbons (Fsp3) is 0.429. The van der Waals surface area contributed by atoms with Crippen LogP contribution < -0.4 is 0 Å². The topological polar surface area (TPSA) is 63.6 Å². The molecule has 0 saturated heterocycles. The lowest BCUT2D eigenvalue weighted by Gasteiger charge is -2.05. The van der Waals surface area contributed by atoms with Gasteiger partial charge in [-0.2, -0.15) is 0 Å². The first-order chi connectivity index (χ1) is 5.06. The summed E-state index contributed by atoms with van der Waals surface area (Å²) in [5.41, 5.74) is 0. The zero-order valence-electron chi connectivity index (χ0n) is 6.24. The molecule has 0 aliphatic heterocycles. The molecule has 0 amide bonds. The van der Waals surface area contributed by atoms with Crippen molar-refractivity contribution in [2.45, 2.75) is 19.6 Å². The molecule has 11 heavy (non-hydrogen) atoms. The van der Waals surface area contributed by atoms with E-state index in [2.05, 4.69) is 11.3 Å². The summed E-state index contributed by atoms with van der Waals surface area (Å²) in [5, 5.41) is 8.67. The average Bonchev–Trinajstić information content (AvgIpc) is 1.85. The van der Waals surface area contributed by atoms with Crippen LogP contribution in [-0.2, 0) is 14.3 Å². The second-order valence-electron chi connectivity index (χ2n) is 1.99. The van der Waals surface area contributed by atoms with Crippen LogP contribution >= 0.6 is 0 Å². The summed E-state index contributed by atoms with van der Waals surface area (Å²) in [4.78, 5) is 20.9. The smallest absolute Gasteiger partial charge is 0.315 e. The van der Waals surface area contributed by atoms with Crippen LogP contribution in [0.15, 0.2) is 12.7 Å². The number of rotatable bonds is 4. The van der Waals surface area contributed by atoms with E-state index >= 15 is 0 Å². The first-order valence-corrected chi connectivity index (χ1v) is 3.05. The molecular formula is C7H10O4. The molecule has 0 radical (unpaired) electrons. The minimum Gasteiger partial charge on any atom is -0.432 e. The summed E-state index contributed by atoms with van der Waals surface area (Å²) in [6.45, 7) is 4.45. The third kappa shape index (κ3) is 5.29. The molecule has 0 aliphatic carbocycles. The number of aliphatic hydroxyl groups excluding tert-OH is 1.